The van der Waals surface area contributed by atoms with Gasteiger partial charge < -0.3 is 0 Å². The Bertz CT molecular complexity index is 1290. The van der Waals surface area contributed by atoms with Gasteiger partial charge in [0.15, 0.2) is 0 Å². The first-order valence-corrected chi connectivity index (χ1v) is 13.8. The van der Waals surface area contributed by atoms with Gasteiger partial charge in [0.2, 0.25) is 0 Å². The molecule has 0 heterocycles. The standard InChI is InChI=1S/C20H15AsN4O5S/c22-13-14-10-11-17(16(12-14)21-31(29,30)15-6-2-1-3-7-15)23-20(26)24-18-8-4-5-9-19(18)25(27)28/h1-12,21H,(H2,23,24,26). The van der Waals surface area contributed by atoms with Crippen LogP contribution in [-0.4, -0.2) is 34.0 Å². The van der Waals surface area contributed by atoms with Crippen molar-refractivity contribution >= 4 is 50.1 Å². The van der Waals surface area contributed by atoms with E-state index in [-0.39, 0.29) is 27.5 Å². The Balaban J connectivity index is 1.88. The van der Waals surface area contributed by atoms with Crippen molar-refractivity contribution in [3.8, 4) is 6.07 Å². The summed E-state index contributed by atoms with van der Waals surface area (Å²) < 4.78 is 26.0. The maximum absolute atomic E-state index is 12.8. The number of urea groups is 1. The third-order valence-corrected chi connectivity index (χ3v) is 10.9. The molecule has 156 valence electrons. The normalized spacial score (nSPS) is 11.1. The molecule has 0 aliphatic heterocycles. The summed E-state index contributed by atoms with van der Waals surface area (Å²) in [6.45, 7) is 0. The number of rotatable bonds is 6. The van der Waals surface area contributed by atoms with Crippen molar-refractivity contribution in [2.45, 2.75) is 4.90 Å². The number of nitro groups is 1. The average Bonchev–Trinajstić information content (AvgIpc) is 2.75. The Morgan fingerprint density at radius 2 is 1.61 bits per heavy atom. The van der Waals surface area contributed by atoms with Gasteiger partial charge in [-0.15, -0.1) is 0 Å². The minimum atomic E-state index is -3.62. The average molecular weight is 498 g/mol. The van der Waals surface area contributed by atoms with Gasteiger partial charge in [-0.3, -0.25) is 0 Å². The Hall–Kier alpha value is -3.67. The summed E-state index contributed by atoms with van der Waals surface area (Å²) in [5.74, 6) is 0. The number of carbonyl (C=O) groups is 1. The van der Waals surface area contributed by atoms with E-state index < -0.39 is 33.6 Å². The van der Waals surface area contributed by atoms with Crippen LogP contribution in [0.4, 0.5) is 21.9 Å². The second-order valence-electron chi connectivity index (χ2n) is 6.14. The molecule has 0 saturated carbocycles. The maximum atomic E-state index is 12.8. The molecule has 0 aromatic heterocycles. The molecule has 3 aromatic rings. The molecule has 0 bridgehead atoms. The van der Waals surface area contributed by atoms with Crippen molar-refractivity contribution in [1.82, 2.24) is 0 Å². The summed E-state index contributed by atoms with van der Waals surface area (Å²) in [5.41, 5.74) is 0.187. The van der Waals surface area contributed by atoms with Gasteiger partial charge >= 0.3 is 184 Å². The van der Waals surface area contributed by atoms with E-state index in [1.54, 1.807) is 18.2 Å². The van der Waals surface area contributed by atoms with E-state index in [4.69, 9.17) is 0 Å². The van der Waals surface area contributed by atoms with Gasteiger partial charge in [-0.25, -0.2) is 0 Å². The van der Waals surface area contributed by atoms with Crippen LogP contribution in [0.3, 0.4) is 0 Å². The van der Waals surface area contributed by atoms with E-state index in [2.05, 4.69) is 10.6 Å². The van der Waals surface area contributed by atoms with Gasteiger partial charge in [-0.05, 0) is 0 Å². The molecule has 0 radical (unpaired) electrons. The molecule has 0 aliphatic rings. The Morgan fingerprint density at radius 1 is 0.968 bits per heavy atom. The molecule has 2 amide bonds. The summed E-state index contributed by atoms with van der Waals surface area (Å²) in [7, 11) is -3.62. The first-order valence-electron chi connectivity index (χ1n) is 8.73. The number of nitrogens with one attached hydrogen (secondary N) is 2. The zero-order valence-corrected chi connectivity index (χ0v) is 18.7. The van der Waals surface area contributed by atoms with Crippen molar-refractivity contribution in [2.75, 3.05) is 10.6 Å². The molecule has 11 heteroatoms. The molecule has 31 heavy (non-hydrogen) atoms. The van der Waals surface area contributed by atoms with Gasteiger partial charge in [0.1, 0.15) is 0 Å². The second kappa shape index (κ2) is 9.43. The first-order chi connectivity index (χ1) is 14.8. The number of para-hydroxylation sites is 2. The summed E-state index contributed by atoms with van der Waals surface area (Å²) in [4.78, 5) is 23.1. The predicted molar refractivity (Wildman–Crippen MR) is 117 cm³/mol. The summed E-state index contributed by atoms with van der Waals surface area (Å²) >= 11 is -1.85. The molecule has 0 saturated heterocycles. The fourth-order valence-corrected chi connectivity index (χ4v) is 8.83. The molecule has 1 unspecified atom stereocenters. The van der Waals surface area contributed by atoms with Crippen LogP contribution in [0, 0.1) is 21.4 Å². The number of nitro benzene ring substituents is 1. The van der Waals surface area contributed by atoms with Gasteiger partial charge in [-0.2, -0.15) is 0 Å². The number of anilines is 2. The van der Waals surface area contributed by atoms with Gasteiger partial charge in [-0.1, -0.05) is 0 Å². The van der Waals surface area contributed by atoms with E-state index >= 15 is 0 Å². The van der Waals surface area contributed by atoms with Crippen LogP contribution in [0.15, 0.2) is 77.7 Å². The molecule has 1 atom stereocenters. The van der Waals surface area contributed by atoms with Crippen molar-refractivity contribution in [2.24, 2.45) is 0 Å². The zero-order valence-electron chi connectivity index (χ0n) is 15.8. The van der Waals surface area contributed by atoms with Crippen molar-refractivity contribution in [3.63, 3.8) is 0 Å². The van der Waals surface area contributed by atoms with E-state index in [1.807, 2.05) is 6.07 Å². The van der Waals surface area contributed by atoms with Crippen molar-refractivity contribution < 1.29 is 18.1 Å². The number of nitrogens with zero attached hydrogens (tertiary/aromatic N) is 2. The molecule has 9 nitrogen and oxygen atoms in total. The number of amides is 2. The fraction of sp³-hybridized carbons (Fsp3) is 0. The molecule has 3 aromatic carbocycles. The van der Waals surface area contributed by atoms with Gasteiger partial charge in [0.05, 0.1) is 0 Å². The van der Waals surface area contributed by atoms with Crippen LogP contribution >= 0.6 is 0 Å². The summed E-state index contributed by atoms with van der Waals surface area (Å²) in [6, 6.07) is 19.1. The zero-order chi connectivity index (χ0) is 22.4. The number of nitriles is 1. The summed E-state index contributed by atoms with van der Waals surface area (Å²) in [6.07, 6.45) is 0. The monoisotopic (exact) mass is 498 g/mol. The molecule has 3 rings (SSSR count). The van der Waals surface area contributed by atoms with Gasteiger partial charge in [0, 0.05) is 0 Å². The summed E-state index contributed by atoms with van der Waals surface area (Å²) in [5, 5.41) is 25.2. The molecule has 0 aliphatic carbocycles. The van der Waals surface area contributed by atoms with Crippen LogP contribution in [0.2, 0.25) is 0 Å². The third kappa shape index (κ3) is 5.48. The second-order valence-corrected chi connectivity index (χ2v) is 13.6. The number of hydrogen-bond donors (Lipinski definition) is 2. The minimum absolute atomic E-state index is 0.00637. The SMILES string of the molecule is N#Cc1ccc(NC(=O)Nc2ccccc2[N+](=O)[O-])c([AsH]S(=O)(=O)c2ccccc2)c1. The molecule has 0 fully saturated rings. The quantitative estimate of drug-likeness (QED) is 0.304. The molecule has 2 N–H and O–H groups in total. The van der Waals surface area contributed by atoms with Crippen LogP contribution in [-0.2, 0) is 8.10 Å². The number of benzene rings is 3. The molecular weight excluding hydrogens is 483 g/mol. The molecular formula is C20H15AsN4O5S. The topological polar surface area (TPSA) is 142 Å². The molecule has 0 spiro atoms. The van der Waals surface area contributed by atoms with Crippen LogP contribution in [0.5, 0.6) is 0 Å². The number of hydrogen-bond acceptors (Lipinski definition) is 6. The van der Waals surface area contributed by atoms with Crippen LogP contribution in [0.1, 0.15) is 5.56 Å². The van der Waals surface area contributed by atoms with E-state index in [0.29, 0.717) is 4.35 Å². The Morgan fingerprint density at radius 3 is 2.29 bits per heavy atom. The predicted octanol–water partition coefficient (Wildman–Crippen LogP) is 2.56. The van der Waals surface area contributed by atoms with Crippen molar-refractivity contribution in [1.29, 1.82) is 5.26 Å². The van der Waals surface area contributed by atoms with E-state index in [0.717, 1.165) is 0 Å². The Kier molecular flexibility index (Phi) is 6.70. The van der Waals surface area contributed by atoms with Gasteiger partial charge in [0.25, 0.3) is 0 Å². The first kappa shape index (κ1) is 22.0. The third-order valence-electron chi connectivity index (χ3n) is 4.04. The fourth-order valence-electron chi connectivity index (χ4n) is 2.62. The van der Waals surface area contributed by atoms with Crippen LogP contribution in [0.25, 0.3) is 0 Å². The van der Waals surface area contributed by atoms with Crippen LogP contribution < -0.4 is 15.0 Å². The van der Waals surface area contributed by atoms with E-state index in [1.165, 1.54) is 54.6 Å². The van der Waals surface area contributed by atoms with E-state index in [9.17, 15) is 28.6 Å². The Labute approximate surface area is 183 Å². The number of carbonyl (C=O) groups excluding carboxylic acids is 1. The van der Waals surface area contributed by atoms with Crippen molar-refractivity contribution in [3.05, 3.63) is 88.5 Å².